The van der Waals surface area contributed by atoms with Crippen molar-refractivity contribution in [1.82, 2.24) is 4.98 Å². The first-order valence-corrected chi connectivity index (χ1v) is 5.82. The molecule has 0 saturated heterocycles. The number of amides is 1. The number of nitriles is 1. The second kappa shape index (κ2) is 5.33. The molecule has 94 valence electrons. The first-order chi connectivity index (χ1) is 9.11. The van der Waals surface area contributed by atoms with E-state index in [0.29, 0.717) is 5.69 Å². The number of para-hydroxylation sites is 1. The topological polar surface area (TPSA) is 94.7 Å². The fraction of sp³-hybridized carbons (Fsp3) is 0. The van der Waals surface area contributed by atoms with Crippen LogP contribution in [0.3, 0.4) is 0 Å². The number of aromatic amines is 1. The number of nitrogen functional groups attached to an aromatic ring is 1. The predicted octanol–water partition coefficient (Wildman–Crippen LogP) is 2.45. The van der Waals surface area contributed by atoms with Crippen molar-refractivity contribution in [2.75, 3.05) is 11.1 Å². The van der Waals surface area contributed by atoms with Gasteiger partial charge in [-0.15, -0.1) is 0 Å². The van der Waals surface area contributed by atoms with E-state index in [1.165, 1.54) is 6.07 Å². The van der Waals surface area contributed by atoms with Crippen LogP contribution in [0.25, 0.3) is 0 Å². The minimum atomic E-state index is -0.397. The first kappa shape index (κ1) is 12.8. The number of hydrogen-bond donors (Lipinski definition) is 3. The van der Waals surface area contributed by atoms with Crippen LogP contribution in [0.15, 0.2) is 36.4 Å². The lowest BCUT2D eigenvalue weighted by atomic mass is 10.2. The molecule has 0 atom stereocenters. The van der Waals surface area contributed by atoms with E-state index in [-0.39, 0.29) is 21.6 Å². The van der Waals surface area contributed by atoms with Crippen molar-refractivity contribution in [3.8, 4) is 6.07 Å². The van der Waals surface area contributed by atoms with Gasteiger partial charge in [0, 0.05) is 5.69 Å². The van der Waals surface area contributed by atoms with Gasteiger partial charge in [0.25, 0.3) is 5.91 Å². The monoisotopic (exact) mass is 270 g/mol. The van der Waals surface area contributed by atoms with Crippen LogP contribution in [0, 0.1) is 16.0 Å². The molecule has 0 saturated carbocycles. The maximum atomic E-state index is 12.1. The number of nitrogens with zero attached hydrogens (tertiary/aromatic N) is 1. The molecule has 5 nitrogen and oxygen atoms in total. The largest absolute Gasteiger partial charge is 0.385 e. The third kappa shape index (κ3) is 2.78. The molecule has 0 aliphatic rings. The van der Waals surface area contributed by atoms with E-state index in [1.807, 2.05) is 12.1 Å². The summed E-state index contributed by atoms with van der Waals surface area (Å²) in [5.41, 5.74) is 6.75. The summed E-state index contributed by atoms with van der Waals surface area (Å²) < 4.78 is 0.219. The molecule has 0 fully saturated rings. The zero-order valence-corrected chi connectivity index (χ0v) is 10.6. The number of H-pyrrole nitrogens is 1. The summed E-state index contributed by atoms with van der Waals surface area (Å²) in [6.07, 6.45) is 0. The number of carbonyl (C=O) groups excluding carboxylic acids is 1. The van der Waals surface area contributed by atoms with Crippen molar-refractivity contribution in [2.45, 2.75) is 0 Å². The molecule has 2 rings (SSSR count). The van der Waals surface area contributed by atoms with Gasteiger partial charge in [-0.2, -0.15) is 5.26 Å². The Kier molecular flexibility index (Phi) is 3.59. The van der Waals surface area contributed by atoms with E-state index < -0.39 is 5.91 Å². The number of nitrogens with one attached hydrogen (secondary N) is 2. The Morgan fingerprint density at radius 1 is 1.37 bits per heavy atom. The summed E-state index contributed by atoms with van der Waals surface area (Å²) in [6, 6.07) is 12.3. The van der Waals surface area contributed by atoms with E-state index in [9.17, 15) is 4.79 Å². The van der Waals surface area contributed by atoms with Crippen molar-refractivity contribution in [3.63, 3.8) is 0 Å². The van der Waals surface area contributed by atoms with Gasteiger partial charge >= 0.3 is 0 Å². The summed E-state index contributed by atoms with van der Waals surface area (Å²) in [5, 5.41) is 11.6. The van der Waals surface area contributed by atoms with Gasteiger partial charge < -0.3 is 16.0 Å². The number of nitrogens with two attached hydrogens (primary N) is 1. The minimum absolute atomic E-state index is 0.137. The Morgan fingerprint density at radius 2 is 2.05 bits per heavy atom. The van der Waals surface area contributed by atoms with Crippen molar-refractivity contribution in [3.05, 3.63) is 52.2 Å². The lowest BCUT2D eigenvalue weighted by Crippen LogP contribution is -2.15. The maximum Gasteiger partial charge on any atom is 0.259 e. The molecular formula is C13H10N4OS. The van der Waals surface area contributed by atoms with Crippen molar-refractivity contribution < 1.29 is 4.79 Å². The lowest BCUT2D eigenvalue weighted by Gasteiger charge is -2.07. The van der Waals surface area contributed by atoms with E-state index in [1.54, 1.807) is 24.3 Å². The van der Waals surface area contributed by atoms with Gasteiger partial charge in [0.15, 0.2) is 0 Å². The Morgan fingerprint density at radius 3 is 2.68 bits per heavy atom. The van der Waals surface area contributed by atoms with Gasteiger partial charge in [-0.3, -0.25) is 4.79 Å². The summed E-state index contributed by atoms with van der Waals surface area (Å²) in [7, 11) is 0. The van der Waals surface area contributed by atoms with Crippen LogP contribution >= 0.6 is 12.2 Å². The molecule has 1 aromatic heterocycles. The minimum Gasteiger partial charge on any atom is -0.385 e. The summed E-state index contributed by atoms with van der Waals surface area (Å²) in [6.45, 7) is 0. The molecule has 0 radical (unpaired) electrons. The van der Waals surface area contributed by atoms with Crippen molar-refractivity contribution >= 4 is 29.6 Å². The van der Waals surface area contributed by atoms with Gasteiger partial charge in [0.2, 0.25) is 0 Å². The van der Waals surface area contributed by atoms with E-state index in [2.05, 4.69) is 10.3 Å². The molecule has 2 aromatic rings. The van der Waals surface area contributed by atoms with Crippen LogP contribution in [0.1, 0.15) is 15.9 Å². The highest BCUT2D eigenvalue weighted by atomic mass is 32.1. The van der Waals surface area contributed by atoms with Gasteiger partial charge in [-0.05, 0) is 18.2 Å². The highest BCUT2D eigenvalue weighted by Crippen LogP contribution is 2.15. The van der Waals surface area contributed by atoms with E-state index >= 15 is 0 Å². The second-order valence-electron chi connectivity index (χ2n) is 3.77. The summed E-state index contributed by atoms with van der Waals surface area (Å²) in [4.78, 5) is 14.7. The van der Waals surface area contributed by atoms with Crippen LogP contribution in [-0.2, 0) is 0 Å². The molecule has 0 spiro atoms. The summed E-state index contributed by atoms with van der Waals surface area (Å²) in [5.74, 6) is -0.260. The number of hydrogen-bond acceptors (Lipinski definition) is 4. The van der Waals surface area contributed by atoms with Crippen LogP contribution < -0.4 is 11.1 Å². The Bertz CT molecular complexity index is 716. The first-order valence-electron chi connectivity index (χ1n) is 5.41. The number of pyridine rings is 1. The standard InChI is InChI=1S/C13H10N4OS/c14-7-8-6-10(11(15)17-13(8)19)12(18)16-9-4-2-1-3-5-9/h1-6H,(H,16,18)(H3,15,17,19). The quantitative estimate of drug-likeness (QED) is 0.730. The average molecular weight is 270 g/mol. The normalized spacial score (nSPS) is 9.63. The molecule has 4 N–H and O–H groups in total. The lowest BCUT2D eigenvalue weighted by molar-refractivity contribution is 0.102. The third-order valence-corrected chi connectivity index (χ3v) is 2.79. The molecule has 0 aliphatic heterocycles. The molecular weight excluding hydrogens is 260 g/mol. The molecule has 0 bridgehead atoms. The van der Waals surface area contributed by atoms with Crippen LogP contribution in [0.2, 0.25) is 0 Å². The van der Waals surface area contributed by atoms with E-state index in [0.717, 1.165) is 0 Å². The number of anilines is 2. The summed E-state index contributed by atoms with van der Waals surface area (Å²) >= 11 is 4.92. The van der Waals surface area contributed by atoms with Crippen LogP contribution in [0.4, 0.5) is 11.5 Å². The van der Waals surface area contributed by atoms with Gasteiger partial charge in [0.05, 0.1) is 11.1 Å². The number of carbonyl (C=O) groups is 1. The SMILES string of the molecule is N#Cc1cc(C(=O)Nc2ccccc2)c(N)[nH]c1=S. The van der Waals surface area contributed by atoms with Crippen molar-refractivity contribution in [2.24, 2.45) is 0 Å². The van der Waals surface area contributed by atoms with Crippen LogP contribution in [-0.4, -0.2) is 10.9 Å². The fourth-order valence-electron chi connectivity index (χ4n) is 1.54. The Hall–Kier alpha value is -2.65. The number of rotatable bonds is 2. The van der Waals surface area contributed by atoms with Gasteiger partial charge in [0.1, 0.15) is 16.5 Å². The molecule has 1 heterocycles. The maximum absolute atomic E-state index is 12.1. The Balaban J connectivity index is 2.35. The molecule has 19 heavy (non-hydrogen) atoms. The molecule has 6 heteroatoms. The predicted molar refractivity (Wildman–Crippen MR) is 75.1 cm³/mol. The zero-order chi connectivity index (χ0) is 13.8. The highest BCUT2D eigenvalue weighted by Gasteiger charge is 2.12. The number of aromatic nitrogens is 1. The molecule has 0 unspecified atom stereocenters. The Labute approximate surface area is 114 Å². The fourth-order valence-corrected chi connectivity index (χ4v) is 1.75. The molecule has 1 amide bonds. The molecule has 1 aromatic carbocycles. The second-order valence-corrected chi connectivity index (χ2v) is 4.18. The van der Waals surface area contributed by atoms with Gasteiger partial charge in [-0.25, -0.2) is 0 Å². The smallest absolute Gasteiger partial charge is 0.259 e. The van der Waals surface area contributed by atoms with Crippen molar-refractivity contribution in [1.29, 1.82) is 5.26 Å². The molecule has 0 aliphatic carbocycles. The van der Waals surface area contributed by atoms with Gasteiger partial charge in [-0.1, -0.05) is 30.4 Å². The van der Waals surface area contributed by atoms with E-state index in [4.69, 9.17) is 23.2 Å². The van der Waals surface area contributed by atoms with Crippen LogP contribution in [0.5, 0.6) is 0 Å². The zero-order valence-electron chi connectivity index (χ0n) is 9.81. The average Bonchev–Trinajstić information content (AvgIpc) is 2.40. The number of benzene rings is 1. The highest BCUT2D eigenvalue weighted by molar-refractivity contribution is 7.71. The third-order valence-electron chi connectivity index (χ3n) is 2.47.